The van der Waals surface area contributed by atoms with Gasteiger partial charge in [-0.3, -0.25) is 0 Å². The summed E-state index contributed by atoms with van der Waals surface area (Å²) in [6.07, 6.45) is -1.57. The molecule has 0 N–H and O–H groups in total. The molecule has 0 saturated heterocycles. The number of hydrogen-bond donors (Lipinski definition) is 0. The molecule has 0 bridgehead atoms. The molecular formula is C5H12K2O4Si2. The van der Waals surface area contributed by atoms with Crippen LogP contribution in [0.15, 0.2) is 0 Å². The summed E-state index contributed by atoms with van der Waals surface area (Å²) in [4.78, 5) is 21.5. The zero-order chi connectivity index (χ0) is 9.28. The topological polar surface area (TPSA) is 72.4 Å². The second-order valence-electron chi connectivity index (χ2n) is 3.37. The van der Waals surface area contributed by atoms with Crippen LogP contribution in [-0.2, 0) is 4.43 Å². The first-order valence-corrected chi connectivity index (χ1v) is 10.1. The van der Waals surface area contributed by atoms with Crippen LogP contribution in [0.1, 0.15) is 0 Å². The van der Waals surface area contributed by atoms with E-state index in [0.29, 0.717) is 0 Å². The standard InChI is InChI=1S/C5H13O4Si2.2K/c1-10(2,8)11(3,4)9-5(6)7;;/h1-4H3,(H,6,7);;/q-1;2*+1/p-1. The van der Waals surface area contributed by atoms with Crippen LogP contribution in [-0.4, -0.2) is 21.8 Å². The zero-order valence-corrected chi connectivity index (χ0v) is 17.4. The average Bonchev–Trinajstić information content (AvgIpc) is 1.56. The Labute approximate surface area is 166 Å². The van der Waals surface area contributed by atoms with Crippen molar-refractivity contribution in [3.8, 4) is 0 Å². The molecule has 0 aliphatic rings. The van der Waals surface area contributed by atoms with Crippen LogP contribution in [0.4, 0.5) is 4.79 Å². The molecule has 4 nitrogen and oxygen atoms in total. The molecule has 0 amide bonds. The Kier molecular flexibility index (Phi) is 13.2. The molecule has 66 valence electrons. The van der Waals surface area contributed by atoms with Crippen molar-refractivity contribution in [2.75, 3.05) is 0 Å². The third-order valence-electron chi connectivity index (χ3n) is 1.79. The molecular weight excluding hydrogens is 258 g/mol. The van der Waals surface area contributed by atoms with E-state index in [2.05, 4.69) is 4.43 Å². The van der Waals surface area contributed by atoms with Crippen molar-refractivity contribution in [2.24, 2.45) is 0 Å². The van der Waals surface area contributed by atoms with Crippen LogP contribution in [0.3, 0.4) is 0 Å². The van der Waals surface area contributed by atoms with Crippen molar-refractivity contribution in [1.82, 2.24) is 0 Å². The van der Waals surface area contributed by atoms with Gasteiger partial charge in [-0.15, -0.1) is 0 Å². The maximum atomic E-state index is 11.4. The first kappa shape index (κ1) is 21.2. The van der Waals surface area contributed by atoms with Crippen molar-refractivity contribution in [3.63, 3.8) is 0 Å². The fraction of sp³-hybridized carbons (Fsp3) is 0.800. The Morgan fingerprint density at radius 2 is 1.46 bits per heavy atom. The molecule has 0 saturated carbocycles. The van der Waals surface area contributed by atoms with E-state index in [1.54, 1.807) is 26.2 Å². The monoisotopic (exact) mass is 270 g/mol. The van der Waals surface area contributed by atoms with Gasteiger partial charge in [0.05, 0.1) is 0 Å². The van der Waals surface area contributed by atoms with E-state index in [1.807, 2.05) is 0 Å². The van der Waals surface area contributed by atoms with Crippen LogP contribution in [0.5, 0.6) is 0 Å². The van der Waals surface area contributed by atoms with Gasteiger partial charge < -0.3 is 19.1 Å². The first-order chi connectivity index (χ1) is 4.67. The molecule has 0 unspecified atom stereocenters. The van der Waals surface area contributed by atoms with E-state index in [1.165, 1.54) is 0 Å². The Bertz CT molecular complexity index is 168. The fourth-order valence-corrected chi connectivity index (χ4v) is 1.98. The first-order valence-electron chi connectivity index (χ1n) is 3.27. The normalized spacial score (nSPS) is 10.8. The molecule has 0 aromatic carbocycles. The van der Waals surface area contributed by atoms with Gasteiger partial charge in [-0.25, -0.2) is 0 Å². The number of carboxylic acid groups (broad SMARTS) is 1. The van der Waals surface area contributed by atoms with Crippen LogP contribution in [0.25, 0.3) is 0 Å². The van der Waals surface area contributed by atoms with E-state index in [9.17, 15) is 14.7 Å². The Balaban J connectivity index is -0.000000500. The SMILES string of the molecule is C[Si](C)([O-])[Si](C)(C)OC(=O)[O-].[K+].[K+]. The van der Waals surface area contributed by atoms with E-state index >= 15 is 0 Å². The van der Waals surface area contributed by atoms with Gasteiger partial charge in [0, 0.05) is 0 Å². The molecule has 0 aliphatic heterocycles. The summed E-state index contributed by atoms with van der Waals surface area (Å²) in [5.74, 6) is 0. The van der Waals surface area contributed by atoms with Crippen molar-refractivity contribution in [1.29, 1.82) is 0 Å². The van der Waals surface area contributed by atoms with E-state index in [-0.39, 0.29) is 103 Å². The van der Waals surface area contributed by atoms with Gasteiger partial charge in [0.1, 0.15) is 7.83 Å². The van der Waals surface area contributed by atoms with Gasteiger partial charge in [0.2, 0.25) is 6.16 Å². The van der Waals surface area contributed by atoms with Gasteiger partial charge in [-0.1, -0.05) is 26.2 Å². The molecule has 13 heavy (non-hydrogen) atoms. The summed E-state index contributed by atoms with van der Waals surface area (Å²) in [6, 6.07) is 0. The van der Waals surface area contributed by atoms with Gasteiger partial charge >= 0.3 is 103 Å². The molecule has 0 heterocycles. The summed E-state index contributed by atoms with van der Waals surface area (Å²) < 4.78 is 4.50. The summed E-state index contributed by atoms with van der Waals surface area (Å²) in [7, 11) is -5.25. The number of hydrogen-bond acceptors (Lipinski definition) is 4. The predicted octanol–water partition coefficient (Wildman–Crippen LogP) is -6.80. The summed E-state index contributed by atoms with van der Waals surface area (Å²) in [6.45, 7) is 6.34. The van der Waals surface area contributed by atoms with Crippen molar-refractivity contribution < 1.29 is 122 Å². The molecule has 0 fully saturated rings. The van der Waals surface area contributed by atoms with Crippen LogP contribution in [0, 0.1) is 0 Å². The Morgan fingerprint density at radius 1 is 1.15 bits per heavy atom. The smallest absolute Gasteiger partial charge is 0.859 e. The Morgan fingerprint density at radius 3 is 1.54 bits per heavy atom. The summed E-state index contributed by atoms with van der Waals surface area (Å²) in [5, 5.41) is 10.0. The van der Waals surface area contributed by atoms with Crippen LogP contribution in [0.2, 0.25) is 26.2 Å². The minimum Gasteiger partial charge on any atom is -0.859 e. The molecule has 0 aromatic heterocycles. The predicted molar refractivity (Wildman–Crippen MR) is 41.4 cm³/mol. The van der Waals surface area contributed by atoms with E-state index in [4.69, 9.17) is 0 Å². The molecule has 0 rings (SSSR count). The van der Waals surface area contributed by atoms with E-state index < -0.39 is 21.8 Å². The maximum absolute atomic E-state index is 11.4. The maximum Gasteiger partial charge on any atom is 1.00 e. The molecule has 0 spiro atoms. The van der Waals surface area contributed by atoms with Gasteiger partial charge in [0.25, 0.3) is 0 Å². The molecule has 0 aliphatic carbocycles. The fourth-order valence-electron chi connectivity index (χ4n) is 0.331. The molecule has 0 aromatic rings. The molecule has 0 atom stereocenters. The second kappa shape index (κ2) is 8.09. The summed E-state index contributed by atoms with van der Waals surface area (Å²) >= 11 is 0. The van der Waals surface area contributed by atoms with Gasteiger partial charge in [-0.2, -0.15) is 0 Å². The third-order valence-corrected chi connectivity index (χ3v) is 14.4. The quantitative estimate of drug-likeness (QED) is 0.468. The Hall–Kier alpha value is 2.94. The molecule has 0 radical (unpaired) electrons. The number of carbonyl (C=O) groups is 1. The van der Waals surface area contributed by atoms with Crippen LogP contribution < -0.4 is 113 Å². The van der Waals surface area contributed by atoms with Gasteiger partial charge in [-0.05, 0) is 7.83 Å². The largest absolute Gasteiger partial charge is 1.00 e. The zero-order valence-electron chi connectivity index (χ0n) is 9.13. The van der Waals surface area contributed by atoms with E-state index in [0.717, 1.165) is 0 Å². The number of carbonyl (C=O) groups excluding carboxylic acids is 1. The molecule has 8 heteroatoms. The number of rotatable bonds is 2. The average molecular weight is 271 g/mol. The minimum atomic E-state index is -2.70. The van der Waals surface area contributed by atoms with Gasteiger partial charge in [0.15, 0.2) is 0 Å². The van der Waals surface area contributed by atoms with Crippen molar-refractivity contribution >= 4 is 21.8 Å². The third kappa shape index (κ3) is 8.71. The summed E-state index contributed by atoms with van der Waals surface area (Å²) in [5.41, 5.74) is 0. The second-order valence-corrected chi connectivity index (χ2v) is 16.8. The minimum absolute atomic E-state index is 0. The van der Waals surface area contributed by atoms with Crippen molar-refractivity contribution in [2.45, 2.75) is 26.2 Å². The van der Waals surface area contributed by atoms with Crippen LogP contribution >= 0.6 is 0 Å². The van der Waals surface area contributed by atoms with Crippen molar-refractivity contribution in [3.05, 3.63) is 0 Å².